The topological polar surface area (TPSA) is 53.5 Å². The molecule has 1 atom stereocenters. The maximum atomic E-state index is 6.67. The molecule has 0 amide bonds. The molecule has 5 rings (SSSR count). The van der Waals surface area contributed by atoms with Gasteiger partial charge in [-0.05, 0) is 72.9 Å². The fourth-order valence-electron chi connectivity index (χ4n) is 4.70. The van der Waals surface area contributed by atoms with Crippen LogP contribution in [0.15, 0.2) is 54.6 Å². The minimum absolute atomic E-state index is 0.253. The largest absolute Gasteiger partial charge is 0.493 e. The number of rotatable bonds is 9. The van der Waals surface area contributed by atoms with Gasteiger partial charge in [-0.2, -0.15) is 9.97 Å². The molecule has 0 bridgehead atoms. The van der Waals surface area contributed by atoms with E-state index in [1.54, 1.807) is 14.2 Å². The smallest absolute Gasteiger partial charge is 0.319 e. The molecule has 0 N–H and O–H groups in total. The Morgan fingerprint density at radius 2 is 1.80 bits per heavy atom. The monoisotopic (exact) mass is 490 g/mol. The molecule has 3 aromatic rings. The highest BCUT2D eigenvalue weighted by Crippen LogP contribution is 2.41. The third kappa shape index (κ3) is 5.62. The van der Waals surface area contributed by atoms with E-state index in [1.165, 1.54) is 24.0 Å². The zero-order chi connectivity index (χ0) is 24.2. The molecule has 2 aliphatic rings. The van der Waals surface area contributed by atoms with Crippen molar-refractivity contribution in [2.75, 3.05) is 20.8 Å². The van der Waals surface area contributed by atoms with Crippen molar-refractivity contribution in [2.24, 2.45) is 5.92 Å². The fourth-order valence-corrected chi connectivity index (χ4v) is 4.99. The summed E-state index contributed by atoms with van der Waals surface area (Å²) >= 11 is 6.67. The second-order valence-corrected chi connectivity index (χ2v) is 9.75. The summed E-state index contributed by atoms with van der Waals surface area (Å²) in [4.78, 5) is 9.27. The van der Waals surface area contributed by atoms with Gasteiger partial charge in [0.25, 0.3) is 0 Å². The van der Waals surface area contributed by atoms with Gasteiger partial charge >= 0.3 is 6.01 Å². The third-order valence-electron chi connectivity index (χ3n) is 6.85. The SMILES string of the molecule is COc1nc(OC)c(Cc2ccccc2)c(C2CC=C(c3ccc(OCC4CC4)cc3Cl)CC2)n1. The van der Waals surface area contributed by atoms with Crippen LogP contribution in [0, 0.1) is 5.92 Å². The molecule has 2 aromatic carbocycles. The van der Waals surface area contributed by atoms with E-state index in [4.69, 9.17) is 30.8 Å². The van der Waals surface area contributed by atoms with E-state index in [2.05, 4.69) is 29.3 Å². The van der Waals surface area contributed by atoms with Gasteiger partial charge in [-0.15, -0.1) is 0 Å². The van der Waals surface area contributed by atoms with Crippen LogP contribution in [0.4, 0.5) is 0 Å². The summed E-state index contributed by atoms with van der Waals surface area (Å²) in [6.45, 7) is 0.789. The van der Waals surface area contributed by atoms with Crippen molar-refractivity contribution >= 4 is 17.2 Å². The van der Waals surface area contributed by atoms with Crippen LogP contribution < -0.4 is 14.2 Å². The van der Waals surface area contributed by atoms with Crippen molar-refractivity contribution in [3.05, 3.63) is 82.0 Å². The molecule has 1 fully saturated rings. The van der Waals surface area contributed by atoms with Crippen LogP contribution >= 0.6 is 11.6 Å². The Labute approximate surface area is 212 Å². The van der Waals surface area contributed by atoms with E-state index in [-0.39, 0.29) is 5.92 Å². The molecule has 5 nitrogen and oxygen atoms in total. The maximum absolute atomic E-state index is 6.67. The summed E-state index contributed by atoms with van der Waals surface area (Å²) in [5, 5.41) is 0.748. The number of benzene rings is 2. The first-order chi connectivity index (χ1) is 17.1. The lowest BCUT2D eigenvalue weighted by Gasteiger charge is -2.25. The normalized spacial score (nSPS) is 17.6. The number of ether oxygens (including phenoxy) is 3. The van der Waals surface area contributed by atoms with Crippen LogP contribution in [0.3, 0.4) is 0 Å². The summed E-state index contributed by atoms with van der Waals surface area (Å²) in [7, 11) is 3.24. The van der Waals surface area contributed by atoms with Crippen molar-refractivity contribution in [3.63, 3.8) is 0 Å². The molecular weight excluding hydrogens is 460 g/mol. The lowest BCUT2D eigenvalue weighted by Crippen LogP contribution is -2.13. The summed E-state index contributed by atoms with van der Waals surface area (Å²) in [6.07, 6.45) is 8.32. The highest BCUT2D eigenvalue weighted by Gasteiger charge is 2.26. The average molecular weight is 491 g/mol. The summed E-state index contributed by atoms with van der Waals surface area (Å²) in [5.74, 6) is 2.40. The molecule has 1 aromatic heterocycles. The second-order valence-electron chi connectivity index (χ2n) is 9.34. The van der Waals surface area contributed by atoms with Gasteiger partial charge in [-0.25, -0.2) is 0 Å². The molecule has 182 valence electrons. The zero-order valence-corrected chi connectivity index (χ0v) is 21.1. The maximum Gasteiger partial charge on any atom is 0.319 e. The van der Waals surface area contributed by atoms with Gasteiger partial charge in [0.1, 0.15) is 5.75 Å². The van der Waals surface area contributed by atoms with E-state index in [1.807, 2.05) is 30.3 Å². The number of allylic oxidation sites excluding steroid dienone is 2. The molecular formula is C29H31ClN2O3. The molecule has 6 heteroatoms. The Balaban J connectivity index is 1.38. The van der Waals surface area contributed by atoms with Gasteiger partial charge < -0.3 is 14.2 Å². The van der Waals surface area contributed by atoms with Gasteiger partial charge in [-0.1, -0.05) is 48.0 Å². The van der Waals surface area contributed by atoms with Gasteiger partial charge in [0, 0.05) is 17.9 Å². The van der Waals surface area contributed by atoms with Gasteiger partial charge in [0.15, 0.2) is 0 Å². The first kappa shape index (κ1) is 23.7. The third-order valence-corrected chi connectivity index (χ3v) is 7.16. The van der Waals surface area contributed by atoms with Gasteiger partial charge in [0.05, 0.1) is 31.5 Å². The molecule has 1 unspecified atom stereocenters. The van der Waals surface area contributed by atoms with E-state index < -0.39 is 0 Å². The minimum atomic E-state index is 0.253. The quantitative estimate of drug-likeness (QED) is 0.327. The van der Waals surface area contributed by atoms with Crippen molar-refractivity contribution in [1.82, 2.24) is 9.97 Å². The van der Waals surface area contributed by atoms with Crippen molar-refractivity contribution in [2.45, 2.75) is 44.4 Å². The van der Waals surface area contributed by atoms with E-state index >= 15 is 0 Å². The number of methoxy groups -OCH3 is 2. The predicted octanol–water partition coefficient (Wildman–Crippen LogP) is 6.88. The number of aromatic nitrogens is 2. The minimum Gasteiger partial charge on any atom is -0.493 e. The molecule has 1 heterocycles. The molecule has 0 spiro atoms. The van der Waals surface area contributed by atoms with E-state index in [0.717, 1.165) is 59.4 Å². The first-order valence-electron chi connectivity index (χ1n) is 12.3. The first-order valence-corrected chi connectivity index (χ1v) is 12.7. The van der Waals surface area contributed by atoms with Crippen molar-refractivity contribution < 1.29 is 14.2 Å². The number of halogens is 1. The van der Waals surface area contributed by atoms with E-state index in [9.17, 15) is 0 Å². The van der Waals surface area contributed by atoms with Crippen LogP contribution in [0.5, 0.6) is 17.6 Å². The molecule has 0 radical (unpaired) electrons. The summed E-state index contributed by atoms with van der Waals surface area (Å²) < 4.78 is 17.0. The van der Waals surface area contributed by atoms with Crippen LogP contribution in [-0.4, -0.2) is 30.8 Å². The highest BCUT2D eigenvalue weighted by molar-refractivity contribution is 6.32. The number of hydrogen-bond donors (Lipinski definition) is 0. The van der Waals surface area contributed by atoms with Gasteiger partial charge in [0.2, 0.25) is 5.88 Å². The predicted molar refractivity (Wildman–Crippen MR) is 139 cm³/mol. The molecule has 2 aliphatic carbocycles. The number of nitrogens with zero attached hydrogens (tertiary/aromatic N) is 2. The lowest BCUT2D eigenvalue weighted by molar-refractivity contribution is 0.300. The molecule has 35 heavy (non-hydrogen) atoms. The van der Waals surface area contributed by atoms with Crippen LogP contribution in [-0.2, 0) is 6.42 Å². The van der Waals surface area contributed by atoms with Crippen molar-refractivity contribution in [1.29, 1.82) is 0 Å². The molecule has 0 saturated heterocycles. The average Bonchev–Trinajstić information content (AvgIpc) is 3.73. The standard InChI is InChI=1S/C29H31ClN2O3/c1-33-28-25(16-19-6-4-3-5-7-19)27(31-29(32-28)34-2)22-12-10-21(11-13-22)24-15-14-23(17-26(24)30)35-18-20-8-9-20/h3-7,10,14-15,17,20,22H,8-9,11-13,16,18H2,1-2H3. The number of hydrogen-bond acceptors (Lipinski definition) is 5. The summed E-state index contributed by atoms with van der Waals surface area (Å²) in [5.41, 5.74) is 5.59. The van der Waals surface area contributed by atoms with Crippen LogP contribution in [0.2, 0.25) is 5.02 Å². The Morgan fingerprint density at radius 3 is 2.46 bits per heavy atom. The van der Waals surface area contributed by atoms with Crippen LogP contribution in [0.25, 0.3) is 5.57 Å². The van der Waals surface area contributed by atoms with Crippen molar-refractivity contribution in [3.8, 4) is 17.6 Å². The Hall–Kier alpha value is -3.05. The Kier molecular flexibility index (Phi) is 7.24. The molecule has 1 saturated carbocycles. The lowest BCUT2D eigenvalue weighted by atomic mass is 9.82. The summed E-state index contributed by atoms with van der Waals surface area (Å²) in [6, 6.07) is 16.8. The Morgan fingerprint density at radius 1 is 0.971 bits per heavy atom. The second kappa shape index (κ2) is 10.7. The Bertz CT molecular complexity index is 1210. The fraction of sp³-hybridized carbons (Fsp3) is 0.379. The zero-order valence-electron chi connectivity index (χ0n) is 20.3. The molecule has 0 aliphatic heterocycles. The van der Waals surface area contributed by atoms with Crippen LogP contribution in [0.1, 0.15) is 60.4 Å². The van der Waals surface area contributed by atoms with Gasteiger partial charge in [-0.3, -0.25) is 0 Å². The van der Waals surface area contributed by atoms with E-state index in [0.29, 0.717) is 18.3 Å². The highest BCUT2D eigenvalue weighted by atomic mass is 35.5.